The number of aliphatic hydroxyl groups excluding tert-OH is 1. The third-order valence-corrected chi connectivity index (χ3v) is 4.31. The number of aliphatic hydroxyl groups is 1. The lowest BCUT2D eigenvalue weighted by Crippen LogP contribution is -2.45. The molecule has 0 spiro atoms. The van der Waals surface area contributed by atoms with Crippen LogP contribution in [0.1, 0.15) is 37.5 Å². The number of hydrogen-bond donors (Lipinski definition) is 1. The number of ether oxygens (including phenoxy) is 2. The van der Waals surface area contributed by atoms with Crippen molar-refractivity contribution >= 4 is 6.09 Å². The van der Waals surface area contributed by atoms with E-state index in [1.54, 1.807) is 12.0 Å². The molecule has 0 saturated heterocycles. The van der Waals surface area contributed by atoms with Gasteiger partial charge in [0.25, 0.3) is 0 Å². The fourth-order valence-electron chi connectivity index (χ4n) is 2.81. The summed E-state index contributed by atoms with van der Waals surface area (Å²) in [5.74, 6) is 0.747. The van der Waals surface area contributed by atoms with E-state index >= 15 is 0 Å². The van der Waals surface area contributed by atoms with Gasteiger partial charge in [0, 0.05) is 17.7 Å². The van der Waals surface area contributed by atoms with Crippen molar-refractivity contribution < 1.29 is 19.4 Å². The van der Waals surface area contributed by atoms with Crippen molar-refractivity contribution in [3.8, 4) is 5.75 Å². The summed E-state index contributed by atoms with van der Waals surface area (Å²) in [5.41, 5.74) is 2.45. The summed E-state index contributed by atoms with van der Waals surface area (Å²) in [6.45, 7) is 6.62. The average Bonchev–Trinajstić information content (AvgIpc) is 2.64. The maximum atomic E-state index is 12.8. The molecule has 0 heterocycles. The number of nitrogens with zero attached hydrogens (tertiary/aromatic N) is 1. The van der Waals surface area contributed by atoms with Crippen LogP contribution in [0.3, 0.4) is 0 Å². The predicted molar refractivity (Wildman–Crippen MR) is 106 cm³/mol. The van der Waals surface area contributed by atoms with E-state index in [-0.39, 0.29) is 19.3 Å². The van der Waals surface area contributed by atoms with E-state index in [1.807, 2.05) is 69.3 Å². The van der Waals surface area contributed by atoms with Gasteiger partial charge in [0.2, 0.25) is 0 Å². The number of hydrogen-bond acceptors (Lipinski definition) is 4. The first-order valence-corrected chi connectivity index (χ1v) is 9.10. The Morgan fingerprint density at radius 3 is 2.44 bits per heavy atom. The highest BCUT2D eigenvalue weighted by Crippen LogP contribution is 2.24. The molecule has 0 bridgehead atoms. The number of carbonyl (C=O) groups excluding carboxylic acids is 1. The Bertz CT molecular complexity index is 752. The second-order valence-corrected chi connectivity index (χ2v) is 7.42. The van der Waals surface area contributed by atoms with Crippen LogP contribution in [0.4, 0.5) is 4.79 Å². The van der Waals surface area contributed by atoms with Crippen LogP contribution >= 0.6 is 0 Å². The molecule has 1 amide bonds. The number of para-hydroxylation sites is 1. The van der Waals surface area contributed by atoms with Crippen LogP contribution in [-0.4, -0.2) is 35.4 Å². The highest BCUT2D eigenvalue weighted by Gasteiger charge is 2.28. The maximum absolute atomic E-state index is 12.8. The van der Waals surface area contributed by atoms with Crippen LogP contribution in [0.5, 0.6) is 5.75 Å². The Morgan fingerprint density at radius 2 is 1.78 bits per heavy atom. The van der Waals surface area contributed by atoms with Gasteiger partial charge in [0.1, 0.15) is 12.4 Å². The minimum Gasteiger partial charge on any atom is -0.496 e. The quantitative estimate of drug-likeness (QED) is 0.794. The normalized spacial score (nSPS) is 11.1. The summed E-state index contributed by atoms with van der Waals surface area (Å²) in [6, 6.07) is 15.4. The van der Waals surface area contributed by atoms with Crippen molar-refractivity contribution in [2.75, 3.05) is 13.7 Å². The number of benzene rings is 2. The Hall–Kier alpha value is -2.53. The summed E-state index contributed by atoms with van der Waals surface area (Å²) in [4.78, 5) is 14.5. The molecule has 2 rings (SSSR count). The number of carbonyl (C=O) groups is 1. The van der Waals surface area contributed by atoms with Gasteiger partial charge in [-0.05, 0) is 44.4 Å². The molecule has 2 aromatic carbocycles. The highest BCUT2D eigenvalue weighted by atomic mass is 16.6. The highest BCUT2D eigenvalue weighted by molar-refractivity contribution is 5.68. The molecule has 5 heteroatoms. The van der Waals surface area contributed by atoms with Crippen molar-refractivity contribution in [3.63, 3.8) is 0 Å². The second kappa shape index (κ2) is 9.42. The molecule has 5 nitrogen and oxygen atoms in total. The molecular formula is C22H29NO4. The molecule has 0 aliphatic rings. The molecule has 0 saturated carbocycles. The standard InChI is InChI=1S/C22H29NO4/c1-22(2,3)23(15-19-10-5-6-11-20(19)26-4)21(25)27-16-18-9-7-8-17(14-18)12-13-24/h5-11,14,24H,12-13,15-16H2,1-4H3. The average molecular weight is 371 g/mol. The molecule has 0 atom stereocenters. The van der Waals surface area contributed by atoms with Crippen molar-refractivity contribution in [3.05, 3.63) is 65.2 Å². The van der Waals surface area contributed by atoms with Crippen LogP contribution in [0.15, 0.2) is 48.5 Å². The van der Waals surface area contributed by atoms with Crippen LogP contribution in [-0.2, 0) is 24.3 Å². The van der Waals surface area contributed by atoms with Gasteiger partial charge in [-0.2, -0.15) is 0 Å². The molecular weight excluding hydrogens is 342 g/mol. The third-order valence-electron chi connectivity index (χ3n) is 4.31. The minimum absolute atomic E-state index is 0.0972. The van der Waals surface area contributed by atoms with Gasteiger partial charge >= 0.3 is 6.09 Å². The number of methoxy groups -OCH3 is 1. The van der Waals surface area contributed by atoms with Crippen molar-refractivity contribution in [2.24, 2.45) is 0 Å². The molecule has 2 aromatic rings. The lowest BCUT2D eigenvalue weighted by molar-refractivity contribution is 0.0584. The summed E-state index contributed by atoms with van der Waals surface area (Å²) in [7, 11) is 1.62. The molecule has 0 radical (unpaired) electrons. The SMILES string of the molecule is COc1ccccc1CN(C(=O)OCc1cccc(CCO)c1)C(C)(C)C. The fraction of sp³-hybridized carbons (Fsp3) is 0.409. The van der Waals surface area contributed by atoms with E-state index in [0.29, 0.717) is 13.0 Å². The Kier molecular flexibility index (Phi) is 7.25. The molecule has 0 fully saturated rings. The first-order valence-electron chi connectivity index (χ1n) is 9.10. The zero-order valence-corrected chi connectivity index (χ0v) is 16.6. The number of rotatable bonds is 7. The van der Waals surface area contributed by atoms with Gasteiger partial charge in [0.15, 0.2) is 0 Å². The summed E-state index contributed by atoms with van der Waals surface area (Å²) >= 11 is 0. The van der Waals surface area contributed by atoms with Gasteiger partial charge in [-0.3, -0.25) is 4.90 Å². The van der Waals surface area contributed by atoms with Crippen LogP contribution < -0.4 is 4.74 Å². The lowest BCUT2D eigenvalue weighted by atomic mass is 10.0. The summed E-state index contributed by atoms with van der Waals surface area (Å²) in [5, 5.41) is 9.07. The van der Waals surface area contributed by atoms with Crippen molar-refractivity contribution in [2.45, 2.75) is 45.9 Å². The molecule has 0 aromatic heterocycles. The monoisotopic (exact) mass is 371 g/mol. The lowest BCUT2D eigenvalue weighted by Gasteiger charge is -2.35. The van der Waals surface area contributed by atoms with Gasteiger partial charge in [-0.25, -0.2) is 4.79 Å². The Labute approximate surface area is 161 Å². The second-order valence-electron chi connectivity index (χ2n) is 7.42. The smallest absolute Gasteiger partial charge is 0.410 e. The summed E-state index contributed by atoms with van der Waals surface area (Å²) < 4.78 is 11.0. The van der Waals surface area contributed by atoms with Gasteiger partial charge in [-0.1, -0.05) is 42.5 Å². The van der Waals surface area contributed by atoms with Crippen LogP contribution in [0, 0.1) is 0 Å². The largest absolute Gasteiger partial charge is 0.496 e. The van der Waals surface area contributed by atoms with Gasteiger partial charge < -0.3 is 14.6 Å². The number of amides is 1. The van der Waals surface area contributed by atoms with Crippen LogP contribution in [0.25, 0.3) is 0 Å². The molecule has 0 aliphatic carbocycles. The first-order chi connectivity index (χ1) is 12.8. The maximum Gasteiger partial charge on any atom is 0.410 e. The van der Waals surface area contributed by atoms with Crippen molar-refractivity contribution in [1.29, 1.82) is 0 Å². The van der Waals surface area contributed by atoms with Gasteiger partial charge in [-0.15, -0.1) is 0 Å². The molecule has 146 valence electrons. The Morgan fingerprint density at radius 1 is 1.07 bits per heavy atom. The predicted octanol–water partition coefficient (Wildman–Crippen LogP) is 4.17. The molecule has 27 heavy (non-hydrogen) atoms. The Balaban J connectivity index is 2.10. The first kappa shape index (κ1) is 20.8. The fourth-order valence-corrected chi connectivity index (χ4v) is 2.81. The summed E-state index contributed by atoms with van der Waals surface area (Å²) in [6.07, 6.45) is 0.213. The molecule has 0 unspecified atom stereocenters. The van der Waals surface area contributed by atoms with Crippen LogP contribution in [0.2, 0.25) is 0 Å². The van der Waals surface area contributed by atoms with E-state index in [0.717, 1.165) is 22.4 Å². The molecule has 1 N–H and O–H groups in total. The zero-order chi connectivity index (χ0) is 19.9. The van der Waals surface area contributed by atoms with E-state index in [2.05, 4.69) is 0 Å². The van der Waals surface area contributed by atoms with Crippen molar-refractivity contribution in [1.82, 2.24) is 4.90 Å². The molecule has 0 aliphatic heterocycles. The van der Waals surface area contributed by atoms with E-state index in [1.165, 1.54) is 0 Å². The van der Waals surface area contributed by atoms with E-state index in [9.17, 15) is 4.79 Å². The van der Waals surface area contributed by atoms with Gasteiger partial charge in [0.05, 0.1) is 13.7 Å². The van der Waals surface area contributed by atoms with E-state index in [4.69, 9.17) is 14.6 Å². The topological polar surface area (TPSA) is 59.0 Å². The third kappa shape index (κ3) is 6.00. The zero-order valence-electron chi connectivity index (χ0n) is 16.6. The van der Waals surface area contributed by atoms with E-state index < -0.39 is 5.54 Å². The minimum atomic E-state index is -0.406.